The average molecular weight is 487 g/mol. The summed E-state index contributed by atoms with van der Waals surface area (Å²) >= 11 is 0. The fourth-order valence-electron chi connectivity index (χ4n) is 4.02. The molecule has 3 heterocycles. The maximum Gasteiger partial charge on any atom is 0.187 e. The summed E-state index contributed by atoms with van der Waals surface area (Å²) in [5.74, 6) is 0. The van der Waals surface area contributed by atoms with E-state index in [2.05, 4.69) is 0 Å². The van der Waals surface area contributed by atoms with Crippen molar-refractivity contribution in [2.45, 2.75) is 99.0 Å². The normalized spacial score (nSPS) is 53.7. The number of hydrogen-bond donors (Lipinski definition) is 10. The van der Waals surface area contributed by atoms with Crippen LogP contribution in [-0.4, -0.2) is 151 Å². The van der Waals surface area contributed by atoms with Crippen LogP contribution >= 0.6 is 0 Å². The van der Waals surface area contributed by atoms with E-state index < -0.39 is 105 Å². The summed E-state index contributed by atoms with van der Waals surface area (Å²) < 4.78 is 27.1. The SMILES string of the molecule is C[C@@H]1O[C@@H](O[C@@H]2[C@@H](O[C@H]3O[C@H](CO)[C@H](O)[C@H](O)[C@H]3N)[C@@H](O)[C@@H](CO)O[C@H]2O)[C@@H](O)[C@H](O)[C@@H]1O. The molecule has 3 aliphatic rings. The predicted octanol–water partition coefficient (Wildman–Crippen LogP) is -6.58. The van der Waals surface area contributed by atoms with E-state index in [4.69, 9.17) is 29.4 Å². The molecule has 3 fully saturated rings. The van der Waals surface area contributed by atoms with Gasteiger partial charge in [0.1, 0.15) is 61.0 Å². The monoisotopic (exact) mass is 487 g/mol. The van der Waals surface area contributed by atoms with Gasteiger partial charge < -0.3 is 75.4 Å². The molecule has 0 radical (unpaired) electrons. The third-order valence-electron chi connectivity index (χ3n) is 6.14. The molecule has 0 unspecified atom stereocenters. The second-order valence-electron chi connectivity index (χ2n) is 8.41. The van der Waals surface area contributed by atoms with Crippen molar-refractivity contribution in [1.82, 2.24) is 0 Å². The molecular weight excluding hydrogens is 454 g/mol. The molecule has 3 rings (SSSR count). The molecule has 0 aromatic heterocycles. The highest BCUT2D eigenvalue weighted by Crippen LogP contribution is 2.32. The van der Waals surface area contributed by atoms with E-state index in [1.807, 2.05) is 0 Å². The van der Waals surface area contributed by atoms with Crippen LogP contribution in [0.2, 0.25) is 0 Å². The van der Waals surface area contributed by atoms with E-state index in [9.17, 15) is 46.0 Å². The molecule has 0 amide bonds. The Morgan fingerprint density at radius 1 is 0.636 bits per heavy atom. The summed E-state index contributed by atoms with van der Waals surface area (Å²) in [5.41, 5.74) is 5.86. The first kappa shape index (κ1) is 27.0. The molecule has 0 saturated carbocycles. The molecule has 15 atom stereocenters. The number of hydrogen-bond acceptors (Lipinski definition) is 15. The number of rotatable bonds is 6. The molecule has 15 nitrogen and oxygen atoms in total. The lowest BCUT2D eigenvalue weighted by atomic mass is 9.95. The summed E-state index contributed by atoms with van der Waals surface area (Å²) in [6, 6.07) is -1.35. The molecule has 194 valence electrons. The Labute approximate surface area is 188 Å². The molecule has 0 aliphatic carbocycles. The second kappa shape index (κ2) is 11.0. The van der Waals surface area contributed by atoms with Crippen molar-refractivity contribution in [3.05, 3.63) is 0 Å². The van der Waals surface area contributed by atoms with Gasteiger partial charge in [0.2, 0.25) is 0 Å². The Balaban J connectivity index is 1.82. The van der Waals surface area contributed by atoms with Gasteiger partial charge in [0.05, 0.1) is 25.4 Å². The zero-order chi connectivity index (χ0) is 24.6. The van der Waals surface area contributed by atoms with Crippen molar-refractivity contribution in [2.24, 2.45) is 5.73 Å². The van der Waals surface area contributed by atoms with Crippen molar-refractivity contribution in [2.75, 3.05) is 13.2 Å². The van der Waals surface area contributed by atoms with Crippen molar-refractivity contribution >= 4 is 0 Å². The third kappa shape index (κ3) is 5.32. The van der Waals surface area contributed by atoms with Crippen LogP contribution in [0, 0.1) is 0 Å². The number of aliphatic hydroxyl groups is 9. The van der Waals surface area contributed by atoms with Crippen LogP contribution in [-0.2, 0) is 23.7 Å². The number of ether oxygens (including phenoxy) is 5. The zero-order valence-electron chi connectivity index (χ0n) is 17.7. The van der Waals surface area contributed by atoms with Gasteiger partial charge in [-0.2, -0.15) is 0 Å². The zero-order valence-corrected chi connectivity index (χ0v) is 17.7. The molecule has 0 aromatic rings. The third-order valence-corrected chi connectivity index (χ3v) is 6.14. The summed E-state index contributed by atoms with van der Waals surface area (Å²) in [6.45, 7) is -0.0121. The highest BCUT2D eigenvalue weighted by molar-refractivity contribution is 4.96. The van der Waals surface area contributed by atoms with Gasteiger partial charge in [0.15, 0.2) is 18.9 Å². The van der Waals surface area contributed by atoms with Crippen LogP contribution in [0.5, 0.6) is 0 Å². The van der Waals surface area contributed by atoms with Gasteiger partial charge in [0, 0.05) is 0 Å². The van der Waals surface area contributed by atoms with Gasteiger partial charge in [-0.3, -0.25) is 0 Å². The summed E-state index contributed by atoms with van der Waals surface area (Å²) in [7, 11) is 0. The Hall–Kier alpha value is -0.600. The first-order valence-electron chi connectivity index (χ1n) is 10.5. The molecule has 33 heavy (non-hydrogen) atoms. The van der Waals surface area contributed by atoms with Crippen molar-refractivity contribution in [1.29, 1.82) is 0 Å². The Morgan fingerprint density at radius 2 is 1.21 bits per heavy atom. The lowest BCUT2D eigenvalue weighted by Crippen LogP contribution is -2.67. The van der Waals surface area contributed by atoms with Crippen LogP contribution in [0.4, 0.5) is 0 Å². The van der Waals surface area contributed by atoms with Gasteiger partial charge in [-0.15, -0.1) is 0 Å². The van der Waals surface area contributed by atoms with E-state index in [0.717, 1.165) is 0 Å². The largest absolute Gasteiger partial charge is 0.394 e. The molecule has 0 spiro atoms. The topological polar surface area (TPSA) is 254 Å². The second-order valence-corrected chi connectivity index (χ2v) is 8.41. The minimum atomic E-state index is -1.84. The molecule has 0 aromatic carbocycles. The fourth-order valence-corrected chi connectivity index (χ4v) is 4.02. The lowest BCUT2D eigenvalue weighted by molar-refractivity contribution is -0.379. The van der Waals surface area contributed by atoms with E-state index in [1.54, 1.807) is 0 Å². The van der Waals surface area contributed by atoms with Crippen LogP contribution in [0.3, 0.4) is 0 Å². The van der Waals surface area contributed by atoms with E-state index >= 15 is 0 Å². The van der Waals surface area contributed by atoms with Crippen molar-refractivity contribution in [3.63, 3.8) is 0 Å². The lowest BCUT2D eigenvalue weighted by Gasteiger charge is -2.48. The maximum absolute atomic E-state index is 10.7. The molecule has 11 N–H and O–H groups in total. The van der Waals surface area contributed by atoms with Crippen LogP contribution in [0.25, 0.3) is 0 Å². The van der Waals surface area contributed by atoms with Crippen molar-refractivity contribution < 1.29 is 69.6 Å². The standard InChI is InChI=1S/C18H33NO14/c1-4-8(22)12(26)13(27)18(29-4)33-15-14(10(24)6(3-21)30-16(15)28)32-17-7(19)11(25)9(23)5(2-20)31-17/h4-18,20-28H,2-3,19H2,1H3/t4-,5+,6+,7+,8+,9-,10-,11+,12+,13-,14-,15+,16+,17+,18-/m0/s1. The minimum Gasteiger partial charge on any atom is -0.394 e. The smallest absolute Gasteiger partial charge is 0.187 e. The average Bonchev–Trinajstić information content (AvgIpc) is 2.79. The highest BCUT2D eigenvalue weighted by Gasteiger charge is 2.53. The fraction of sp³-hybridized carbons (Fsp3) is 1.00. The van der Waals surface area contributed by atoms with Gasteiger partial charge in [-0.25, -0.2) is 0 Å². The van der Waals surface area contributed by atoms with Crippen LogP contribution in [0.15, 0.2) is 0 Å². The summed E-state index contributed by atoms with van der Waals surface area (Å²) in [6.07, 6.45) is -21.2. The molecule has 0 bridgehead atoms. The first-order valence-corrected chi connectivity index (χ1v) is 10.5. The van der Waals surface area contributed by atoms with E-state index in [0.29, 0.717) is 0 Å². The number of aliphatic hydroxyl groups excluding tert-OH is 9. The number of nitrogens with two attached hydrogens (primary N) is 1. The Bertz CT molecular complexity index is 629. The summed E-state index contributed by atoms with van der Waals surface area (Å²) in [5, 5.41) is 90.1. The maximum atomic E-state index is 10.7. The minimum absolute atomic E-state index is 0.691. The van der Waals surface area contributed by atoms with Gasteiger partial charge in [0.25, 0.3) is 0 Å². The Kier molecular flexibility index (Phi) is 8.99. The molecule has 3 saturated heterocycles. The van der Waals surface area contributed by atoms with Crippen LogP contribution in [0.1, 0.15) is 6.92 Å². The van der Waals surface area contributed by atoms with Gasteiger partial charge >= 0.3 is 0 Å². The quantitative estimate of drug-likeness (QED) is 0.167. The van der Waals surface area contributed by atoms with Gasteiger partial charge in [-0.1, -0.05) is 0 Å². The highest BCUT2D eigenvalue weighted by atomic mass is 16.8. The predicted molar refractivity (Wildman–Crippen MR) is 102 cm³/mol. The molecule has 15 heteroatoms. The van der Waals surface area contributed by atoms with Gasteiger partial charge in [-0.05, 0) is 6.92 Å². The molecule has 3 aliphatic heterocycles. The van der Waals surface area contributed by atoms with Crippen molar-refractivity contribution in [3.8, 4) is 0 Å². The first-order chi connectivity index (χ1) is 15.5. The van der Waals surface area contributed by atoms with E-state index in [1.165, 1.54) is 6.92 Å². The van der Waals surface area contributed by atoms with E-state index in [-0.39, 0.29) is 0 Å². The van der Waals surface area contributed by atoms with Crippen LogP contribution < -0.4 is 5.73 Å². The molecular formula is C18H33NO14. The summed E-state index contributed by atoms with van der Waals surface area (Å²) in [4.78, 5) is 0. The Morgan fingerprint density at radius 3 is 1.82 bits per heavy atom.